The first-order valence-electron chi connectivity index (χ1n) is 16.7. The van der Waals surface area contributed by atoms with Crippen LogP contribution in [0, 0.1) is 12.8 Å². The van der Waals surface area contributed by atoms with Gasteiger partial charge in [0.05, 0.1) is 0 Å². The van der Waals surface area contributed by atoms with Gasteiger partial charge in [-0.3, -0.25) is 0 Å². The quantitative estimate of drug-likeness (QED) is 0.169. The van der Waals surface area contributed by atoms with Gasteiger partial charge in [-0.2, -0.15) is 12.6 Å². The van der Waals surface area contributed by atoms with Crippen LogP contribution in [-0.2, 0) is 12.8 Å². The van der Waals surface area contributed by atoms with Gasteiger partial charge in [0.15, 0.2) is 0 Å². The van der Waals surface area contributed by atoms with Crippen LogP contribution < -0.4 is 0 Å². The van der Waals surface area contributed by atoms with E-state index in [2.05, 4.69) is 117 Å². The molecular weight excluding hydrogens is 500 g/mol. The largest absolute Gasteiger partial charge is 0.183 e. The fourth-order valence-corrected chi connectivity index (χ4v) is 4.65. The van der Waals surface area contributed by atoms with Gasteiger partial charge in [0.2, 0.25) is 0 Å². The average Bonchev–Trinajstić information content (AvgIpc) is 2.99. The van der Waals surface area contributed by atoms with Crippen LogP contribution in [0.15, 0.2) is 49.0 Å². The summed E-state index contributed by atoms with van der Waals surface area (Å²) in [4.78, 5) is 0. The zero-order valence-corrected chi connectivity index (χ0v) is 29.8. The molecule has 0 amide bonds. The Morgan fingerprint density at radius 1 is 0.775 bits per heavy atom. The van der Waals surface area contributed by atoms with Crippen LogP contribution >= 0.6 is 12.6 Å². The summed E-state index contributed by atoms with van der Waals surface area (Å²) in [5, 5.41) is 0. The Morgan fingerprint density at radius 3 is 1.90 bits per heavy atom. The average molecular weight is 571 g/mol. The lowest BCUT2D eigenvalue weighted by Gasteiger charge is -2.21. The highest BCUT2D eigenvalue weighted by atomic mass is 32.1. The molecule has 2 aromatic carbocycles. The fourth-order valence-electron chi connectivity index (χ4n) is 4.65. The number of rotatable bonds is 14. The van der Waals surface area contributed by atoms with Gasteiger partial charge in [0, 0.05) is 0 Å². The highest BCUT2D eigenvalue weighted by Crippen LogP contribution is 2.30. The van der Waals surface area contributed by atoms with Gasteiger partial charge in [-0.05, 0) is 79.4 Å². The van der Waals surface area contributed by atoms with Crippen molar-refractivity contribution in [3.63, 3.8) is 0 Å². The van der Waals surface area contributed by atoms with Gasteiger partial charge in [-0.15, -0.1) is 0 Å². The third-order valence-corrected chi connectivity index (χ3v) is 6.99. The van der Waals surface area contributed by atoms with Gasteiger partial charge in [0.1, 0.15) is 0 Å². The minimum atomic E-state index is 0.714. The number of aryl methyl sites for hydroxylation is 3. The molecule has 0 heterocycles. The Kier molecular flexibility index (Phi) is 34.4. The van der Waals surface area contributed by atoms with Gasteiger partial charge in [-0.1, -0.05) is 168 Å². The summed E-state index contributed by atoms with van der Waals surface area (Å²) >= 11 is 3.53. The van der Waals surface area contributed by atoms with E-state index in [0.29, 0.717) is 5.92 Å². The first-order chi connectivity index (χ1) is 19.4. The zero-order chi connectivity index (χ0) is 31.2. The topological polar surface area (TPSA) is 0 Å². The summed E-state index contributed by atoms with van der Waals surface area (Å²) in [7, 11) is 0. The zero-order valence-electron chi connectivity index (χ0n) is 28.9. The summed E-state index contributed by atoms with van der Waals surface area (Å²) in [6.45, 7) is 26.0. The highest BCUT2D eigenvalue weighted by molar-refractivity contribution is 7.79. The molecule has 0 radical (unpaired) electrons. The lowest BCUT2D eigenvalue weighted by molar-refractivity contribution is 0.428. The molecule has 1 heteroatoms. The predicted molar refractivity (Wildman–Crippen MR) is 193 cm³/mol. The van der Waals surface area contributed by atoms with Crippen molar-refractivity contribution in [2.24, 2.45) is 5.92 Å². The van der Waals surface area contributed by atoms with E-state index in [1.165, 1.54) is 98.4 Å². The van der Waals surface area contributed by atoms with Crippen molar-refractivity contribution in [3.8, 4) is 0 Å². The Labute approximate surface area is 259 Å². The van der Waals surface area contributed by atoms with Crippen molar-refractivity contribution in [2.45, 2.75) is 152 Å². The predicted octanol–water partition coefficient (Wildman–Crippen LogP) is 13.7. The molecule has 0 spiro atoms. The van der Waals surface area contributed by atoms with Crippen LogP contribution in [-0.4, -0.2) is 6.26 Å². The van der Waals surface area contributed by atoms with Crippen LogP contribution in [0.3, 0.4) is 0 Å². The Balaban J connectivity index is -0.000000579. The summed E-state index contributed by atoms with van der Waals surface area (Å²) < 4.78 is 0. The second-order valence-corrected chi connectivity index (χ2v) is 10.6. The van der Waals surface area contributed by atoms with E-state index in [9.17, 15) is 0 Å². The Bertz CT molecular complexity index is 789. The summed E-state index contributed by atoms with van der Waals surface area (Å²) in [5.74, 6) is 1.55. The molecule has 0 fully saturated rings. The number of hydrogen-bond acceptors (Lipinski definition) is 1. The van der Waals surface area contributed by atoms with E-state index in [-0.39, 0.29) is 0 Å². The smallest absolute Gasteiger partial charge is 0.0162 e. The summed E-state index contributed by atoms with van der Waals surface area (Å²) in [6.07, 6.45) is 19.2. The number of hydrogen-bond donors (Lipinski definition) is 1. The minimum absolute atomic E-state index is 0.714. The molecule has 2 rings (SSSR count). The number of benzene rings is 2. The van der Waals surface area contributed by atoms with E-state index >= 15 is 0 Å². The molecule has 0 nitrogen and oxygen atoms in total. The van der Waals surface area contributed by atoms with Crippen molar-refractivity contribution in [1.29, 1.82) is 0 Å². The SMILES string of the molecule is C=Cc1ccc(C(CC)CC(C)CCC)cc1CCC.CC.CCCC.CCCCCc1cccc(C)c1.CS. The van der Waals surface area contributed by atoms with Crippen LogP contribution in [0.1, 0.15) is 160 Å². The molecule has 0 saturated carbocycles. The van der Waals surface area contributed by atoms with Crippen molar-refractivity contribution >= 4 is 18.7 Å². The van der Waals surface area contributed by atoms with Gasteiger partial charge < -0.3 is 0 Å². The normalized spacial score (nSPS) is 11.1. The molecule has 0 aliphatic carbocycles. The molecule has 2 unspecified atom stereocenters. The molecule has 40 heavy (non-hydrogen) atoms. The molecule has 0 N–H and O–H groups in total. The minimum Gasteiger partial charge on any atom is -0.183 e. The Hall–Kier alpha value is -1.47. The maximum absolute atomic E-state index is 3.94. The van der Waals surface area contributed by atoms with Gasteiger partial charge >= 0.3 is 0 Å². The molecule has 232 valence electrons. The first kappa shape index (κ1) is 43.0. The van der Waals surface area contributed by atoms with Crippen molar-refractivity contribution in [2.75, 3.05) is 6.26 Å². The van der Waals surface area contributed by atoms with E-state index in [1.54, 1.807) is 6.26 Å². The van der Waals surface area contributed by atoms with E-state index in [0.717, 1.165) is 12.3 Å². The molecule has 2 atom stereocenters. The van der Waals surface area contributed by atoms with Crippen molar-refractivity contribution in [3.05, 3.63) is 76.9 Å². The van der Waals surface area contributed by atoms with Crippen molar-refractivity contribution < 1.29 is 0 Å². The Morgan fingerprint density at radius 2 is 1.43 bits per heavy atom. The molecular formula is C39H70S. The molecule has 0 aliphatic heterocycles. The number of unbranched alkanes of at least 4 members (excludes halogenated alkanes) is 3. The molecule has 0 aromatic heterocycles. The fraction of sp³-hybridized carbons (Fsp3) is 0.641. The molecule has 2 aromatic rings. The number of thiol groups is 1. The van der Waals surface area contributed by atoms with Crippen LogP contribution in [0.25, 0.3) is 6.08 Å². The summed E-state index contributed by atoms with van der Waals surface area (Å²) in [5.41, 5.74) is 7.19. The van der Waals surface area contributed by atoms with Crippen LogP contribution in [0.2, 0.25) is 0 Å². The van der Waals surface area contributed by atoms with E-state index < -0.39 is 0 Å². The maximum atomic E-state index is 3.94. The highest BCUT2D eigenvalue weighted by Gasteiger charge is 2.14. The monoisotopic (exact) mass is 571 g/mol. The van der Waals surface area contributed by atoms with E-state index in [1.807, 2.05) is 19.9 Å². The maximum Gasteiger partial charge on any atom is -0.0162 e. The van der Waals surface area contributed by atoms with E-state index in [4.69, 9.17) is 0 Å². The van der Waals surface area contributed by atoms with Crippen molar-refractivity contribution in [1.82, 2.24) is 0 Å². The summed E-state index contributed by atoms with van der Waals surface area (Å²) in [6, 6.07) is 15.8. The second-order valence-electron chi connectivity index (χ2n) is 10.6. The third-order valence-electron chi connectivity index (χ3n) is 6.99. The lowest BCUT2D eigenvalue weighted by Crippen LogP contribution is -2.05. The van der Waals surface area contributed by atoms with Gasteiger partial charge in [-0.25, -0.2) is 0 Å². The first-order valence-corrected chi connectivity index (χ1v) is 17.5. The van der Waals surface area contributed by atoms with Crippen LogP contribution in [0.5, 0.6) is 0 Å². The van der Waals surface area contributed by atoms with Crippen LogP contribution in [0.4, 0.5) is 0 Å². The van der Waals surface area contributed by atoms with Gasteiger partial charge in [0.25, 0.3) is 0 Å². The molecule has 0 saturated heterocycles. The molecule has 0 bridgehead atoms. The standard InChI is InChI=1S/C20H32.C12H18.C4H10.C2H6.CH4S/c1-6-10-16(5)14-18(9-4)20-13-12-17(8-3)19(15-20)11-7-2;1-3-4-5-8-12-9-6-7-11(2)10-12;1-3-4-2;2*1-2/h8,12-13,15-16,18H,3,6-7,9-11,14H2,1-2,4-5H3;6-7,9-10H,3-5,8H2,1-2H3;3-4H2,1-2H3;1-2H3;2H,1H3. The lowest BCUT2D eigenvalue weighted by atomic mass is 9.84. The third kappa shape index (κ3) is 22.2. The molecule has 0 aliphatic rings. The second kappa shape index (κ2) is 32.0.